The summed E-state index contributed by atoms with van der Waals surface area (Å²) >= 11 is 1.89. The maximum absolute atomic E-state index is 14.4. The SMILES string of the molecule is C=CCOCc1cc(C(=O)O)c(Nc2ccc(I)cc2F)c(F)c1F. The average molecular weight is 463 g/mol. The highest BCUT2D eigenvalue weighted by atomic mass is 127. The number of carbonyl (C=O) groups is 1. The number of benzene rings is 2. The van der Waals surface area contributed by atoms with Gasteiger partial charge in [0.15, 0.2) is 11.6 Å². The summed E-state index contributed by atoms with van der Waals surface area (Å²) in [4.78, 5) is 11.4. The van der Waals surface area contributed by atoms with E-state index in [2.05, 4.69) is 11.9 Å². The zero-order valence-corrected chi connectivity index (χ0v) is 14.9. The molecule has 0 bridgehead atoms. The lowest BCUT2D eigenvalue weighted by Crippen LogP contribution is -2.11. The number of hydrogen-bond acceptors (Lipinski definition) is 3. The Balaban J connectivity index is 2.47. The summed E-state index contributed by atoms with van der Waals surface area (Å²) in [6, 6.07) is 4.98. The summed E-state index contributed by atoms with van der Waals surface area (Å²) in [5.41, 5.74) is -1.62. The predicted molar refractivity (Wildman–Crippen MR) is 95.6 cm³/mol. The van der Waals surface area contributed by atoms with Crippen molar-refractivity contribution in [3.63, 3.8) is 0 Å². The summed E-state index contributed by atoms with van der Waals surface area (Å²) in [5, 5.41) is 11.6. The lowest BCUT2D eigenvalue weighted by Gasteiger charge is -2.15. The zero-order valence-electron chi connectivity index (χ0n) is 12.8. The number of rotatable bonds is 7. The number of carboxylic acid groups (broad SMARTS) is 1. The van der Waals surface area contributed by atoms with Crippen LogP contribution in [-0.2, 0) is 11.3 Å². The second-order valence-electron chi connectivity index (χ2n) is 4.94. The third-order valence-electron chi connectivity index (χ3n) is 3.20. The van der Waals surface area contributed by atoms with E-state index < -0.39 is 34.7 Å². The first-order chi connectivity index (χ1) is 11.8. The fourth-order valence-corrected chi connectivity index (χ4v) is 2.51. The largest absolute Gasteiger partial charge is 0.478 e. The van der Waals surface area contributed by atoms with Crippen molar-refractivity contribution in [3.8, 4) is 0 Å². The van der Waals surface area contributed by atoms with Gasteiger partial charge in [0.25, 0.3) is 0 Å². The standard InChI is InChI=1S/C17H13F3INO3/c1-2-5-25-8-9-6-11(17(23)24)16(15(20)14(9)19)22-13-4-3-10(21)7-12(13)18/h2-4,6-7,22H,1,5,8H2,(H,23,24). The summed E-state index contributed by atoms with van der Waals surface area (Å²) in [7, 11) is 0. The minimum atomic E-state index is -1.49. The van der Waals surface area contributed by atoms with Crippen molar-refractivity contribution in [3.05, 3.63) is 69.1 Å². The quantitative estimate of drug-likeness (QED) is 0.350. The smallest absolute Gasteiger partial charge is 0.337 e. The van der Waals surface area contributed by atoms with Crippen LogP contribution in [0.1, 0.15) is 15.9 Å². The average Bonchev–Trinajstić information content (AvgIpc) is 2.55. The van der Waals surface area contributed by atoms with Crippen molar-refractivity contribution in [2.75, 3.05) is 11.9 Å². The van der Waals surface area contributed by atoms with Crippen molar-refractivity contribution in [1.29, 1.82) is 0 Å². The molecule has 0 unspecified atom stereocenters. The molecule has 0 atom stereocenters. The second-order valence-corrected chi connectivity index (χ2v) is 6.19. The van der Waals surface area contributed by atoms with Gasteiger partial charge in [-0.1, -0.05) is 6.08 Å². The van der Waals surface area contributed by atoms with Crippen molar-refractivity contribution in [1.82, 2.24) is 0 Å². The van der Waals surface area contributed by atoms with Crippen LogP contribution in [-0.4, -0.2) is 17.7 Å². The van der Waals surface area contributed by atoms with E-state index in [0.717, 1.165) is 6.07 Å². The van der Waals surface area contributed by atoms with E-state index >= 15 is 0 Å². The normalized spacial score (nSPS) is 10.6. The van der Waals surface area contributed by atoms with Gasteiger partial charge in [-0.05, 0) is 46.9 Å². The van der Waals surface area contributed by atoms with Gasteiger partial charge < -0.3 is 15.2 Å². The summed E-state index contributed by atoms with van der Waals surface area (Å²) < 4.78 is 48.1. The molecular formula is C17H13F3INO3. The molecule has 0 aliphatic carbocycles. The molecule has 132 valence electrons. The molecule has 2 aromatic carbocycles. The number of aromatic carboxylic acids is 1. The van der Waals surface area contributed by atoms with E-state index in [1.807, 2.05) is 22.6 Å². The van der Waals surface area contributed by atoms with E-state index in [1.54, 1.807) is 0 Å². The second kappa shape index (κ2) is 8.34. The number of anilines is 2. The Morgan fingerprint density at radius 3 is 2.60 bits per heavy atom. The molecule has 0 saturated heterocycles. The first-order valence-electron chi connectivity index (χ1n) is 7.00. The molecule has 0 spiro atoms. The van der Waals surface area contributed by atoms with Gasteiger partial charge in [-0.2, -0.15) is 0 Å². The maximum Gasteiger partial charge on any atom is 0.337 e. The van der Waals surface area contributed by atoms with Crippen LogP contribution in [0.3, 0.4) is 0 Å². The summed E-state index contributed by atoms with van der Waals surface area (Å²) in [6.45, 7) is 3.19. The van der Waals surface area contributed by atoms with Crippen LogP contribution in [0.15, 0.2) is 36.9 Å². The van der Waals surface area contributed by atoms with Gasteiger partial charge in [-0.25, -0.2) is 18.0 Å². The van der Waals surface area contributed by atoms with Gasteiger partial charge in [-0.15, -0.1) is 6.58 Å². The predicted octanol–water partition coefficient (Wildman–Crippen LogP) is 4.85. The molecule has 0 aliphatic rings. The first kappa shape index (κ1) is 19.3. The van der Waals surface area contributed by atoms with Crippen LogP contribution >= 0.6 is 22.6 Å². The van der Waals surface area contributed by atoms with Gasteiger partial charge in [0.05, 0.1) is 30.2 Å². The monoisotopic (exact) mass is 463 g/mol. The van der Waals surface area contributed by atoms with Crippen LogP contribution in [0, 0.1) is 21.0 Å². The summed E-state index contributed by atoms with van der Waals surface area (Å²) in [5.74, 6) is -4.89. The lowest BCUT2D eigenvalue weighted by molar-refractivity contribution is 0.0697. The van der Waals surface area contributed by atoms with Crippen LogP contribution in [0.5, 0.6) is 0 Å². The number of nitrogens with one attached hydrogen (secondary N) is 1. The lowest BCUT2D eigenvalue weighted by atomic mass is 10.1. The molecule has 25 heavy (non-hydrogen) atoms. The van der Waals surface area contributed by atoms with Crippen molar-refractivity contribution < 1.29 is 27.8 Å². The topological polar surface area (TPSA) is 58.6 Å². The highest BCUT2D eigenvalue weighted by Gasteiger charge is 2.23. The number of carboxylic acids is 1. The maximum atomic E-state index is 14.4. The molecule has 8 heteroatoms. The molecule has 0 saturated carbocycles. The Labute approximate surface area is 155 Å². The number of halogens is 4. The van der Waals surface area contributed by atoms with E-state index in [0.29, 0.717) is 3.57 Å². The molecule has 4 nitrogen and oxygen atoms in total. The van der Waals surface area contributed by atoms with Crippen LogP contribution in [0.25, 0.3) is 0 Å². The van der Waals surface area contributed by atoms with Crippen LogP contribution < -0.4 is 5.32 Å². The Morgan fingerprint density at radius 1 is 1.28 bits per heavy atom. The van der Waals surface area contributed by atoms with E-state index in [-0.39, 0.29) is 24.5 Å². The van der Waals surface area contributed by atoms with Gasteiger partial charge in [0.2, 0.25) is 0 Å². The molecule has 0 radical (unpaired) electrons. The Hall–Kier alpha value is -2.07. The van der Waals surface area contributed by atoms with Gasteiger partial charge >= 0.3 is 5.97 Å². The Morgan fingerprint density at radius 2 is 2.00 bits per heavy atom. The van der Waals surface area contributed by atoms with E-state index in [9.17, 15) is 23.1 Å². The van der Waals surface area contributed by atoms with E-state index in [1.165, 1.54) is 24.3 Å². The minimum absolute atomic E-state index is 0.0946. The van der Waals surface area contributed by atoms with Crippen LogP contribution in [0.4, 0.5) is 24.5 Å². The molecule has 0 amide bonds. The molecular weight excluding hydrogens is 450 g/mol. The third kappa shape index (κ3) is 4.51. The molecule has 2 aromatic rings. The molecule has 2 N–H and O–H groups in total. The Kier molecular flexibility index (Phi) is 6.43. The van der Waals surface area contributed by atoms with Crippen molar-refractivity contribution >= 4 is 39.9 Å². The zero-order chi connectivity index (χ0) is 18.6. The molecule has 2 rings (SSSR count). The molecule has 0 fully saturated rings. The highest BCUT2D eigenvalue weighted by Crippen LogP contribution is 2.30. The number of ether oxygens (including phenoxy) is 1. The van der Waals surface area contributed by atoms with Crippen LogP contribution in [0.2, 0.25) is 0 Å². The van der Waals surface area contributed by atoms with E-state index in [4.69, 9.17) is 4.74 Å². The Bertz CT molecular complexity index is 827. The van der Waals surface area contributed by atoms with Gasteiger partial charge in [-0.3, -0.25) is 0 Å². The molecule has 0 aromatic heterocycles. The van der Waals surface area contributed by atoms with Crippen molar-refractivity contribution in [2.24, 2.45) is 0 Å². The highest BCUT2D eigenvalue weighted by molar-refractivity contribution is 14.1. The van der Waals surface area contributed by atoms with Crippen molar-refractivity contribution in [2.45, 2.75) is 6.61 Å². The number of hydrogen-bond donors (Lipinski definition) is 2. The minimum Gasteiger partial charge on any atom is -0.478 e. The molecule has 0 aliphatic heterocycles. The first-order valence-corrected chi connectivity index (χ1v) is 8.08. The fourth-order valence-electron chi connectivity index (χ4n) is 2.05. The summed E-state index contributed by atoms with van der Waals surface area (Å²) in [6.07, 6.45) is 1.42. The van der Waals surface area contributed by atoms with Gasteiger partial charge in [0.1, 0.15) is 5.82 Å². The molecule has 0 heterocycles. The third-order valence-corrected chi connectivity index (χ3v) is 3.87. The van der Waals surface area contributed by atoms with Gasteiger partial charge in [0, 0.05) is 9.13 Å². The fraction of sp³-hybridized carbons (Fsp3) is 0.118.